The molecule has 2 rings (SSSR count). The largest absolute Gasteiger partial charge is 0.331 e. The number of nitrogens with two attached hydrogens (primary N) is 1. The van der Waals surface area contributed by atoms with Crippen molar-refractivity contribution >= 4 is 16.9 Å². The molecule has 0 radical (unpaired) electrons. The molecular weight excluding hydrogens is 154 g/mol. The molecule has 0 saturated heterocycles. The van der Waals surface area contributed by atoms with Crippen LogP contribution in [0, 0.1) is 0 Å². The second kappa shape index (κ2) is 2.46. The fourth-order valence-electron chi connectivity index (χ4n) is 1.21. The molecule has 0 aliphatic rings. The number of hydrogen-bond acceptors (Lipinski definition) is 4. The molecule has 2 heterocycles. The molecular formula is C7H9N5. The molecule has 0 unspecified atom stereocenters. The molecule has 62 valence electrons. The van der Waals surface area contributed by atoms with Gasteiger partial charge in [-0.3, -0.25) is 0 Å². The highest BCUT2D eigenvalue weighted by molar-refractivity contribution is 5.85. The number of aryl methyl sites for hydroxylation is 1. The lowest BCUT2D eigenvalue weighted by Gasteiger charge is -2.01. The summed E-state index contributed by atoms with van der Waals surface area (Å²) in [4.78, 5) is 8.22. The van der Waals surface area contributed by atoms with Gasteiger partial charge in [0.15, 0.2) is 5.82 Å². The summed E-state index contributed by atoms with van der Waals surface area (Å²) in [5.74, 6) is 5.94. The maximum Gasteiger partial charge on any atom is 0.166 e. The van der Waals surface area contributed by atoms with Crippen LogP contribution < -0.4 is 11.3 Å². The molecule has 5 nitrogen and oxygen atoms in total. The highest BCUT2D eigenvalue weighted by Gasteiger charge is 2.04. The quantitative estimate of drug-likeness (QED) is 0.467. The maximum atomic E-state index is 5.29. The molecule has 0 aliphatic heterocycles. The highest BCUT2D eigenvalue weighted by atomic mass is 15.3. The number of fused-ring (bicyclic) bond motifs is 1. The molecule has 0 amide bonds. The normalized spacial score (nSPS) is 10.5. The van der Waals surface area contributed by atoms with Crippen molar-refractivity contribution in [3.63, 3.8) is 0 Å². The molecule has 0 fully saturated rings. The Kier molecular flexibility index (Phi) is 1.44. The topological polar surface area (TPSA) is 68.8 Å². The fraction of sp³-hybridized carbons (Fsp3) is 0.143. The summed E-state index contributed by atoms with van der Waals surface area (Å²) in [5, 5.41) is 0. The van der Waals surface area contributed by atoms with Crippen LogP contribution in [-0.2, 0) is 7.05 Å². The first-order valence-corrected chi connectivity index (χ1v) is 3.55. The smallest absolute Gasteiger partial charge is 0.166 e. The summed E-state index contributed by atoms with van der Waals surface area (Å²) in [6.45, 7) is 0. The Bertz CT molecular complexity index is 405. The van der Waals surface area contributed by atoms with Crippen molar-refractivity contribution in [1.29, 1.82) is 0 Å². The number of pyridine rings is 1. The SMILES string of the molecule is Cn1cnc2ccnc(NN)c21. The average molecular weight is 163 g/mol. The van der Waals surface area contributed by atoms with Gasteiger partial charge in [0, 0.05) is 13.2 Å². The predicted molar refractivity (Wildman–Crippen MR) is 46.3 cm³/mol. The predicted octanol–water partition coefficient (Wildman–Crippen LogP) is 0.254. The Hall–Kier alpha value is -1.62. The van der Waals surface area contributed by atoms with Crippen LogP contribution in [0.3, 0.4) is 0 Å². The van der Waals surface area contributed by atoms with Gasteiger partial charge in [0.05, 0.1) is 11.8 Å². The lowest BCUT2D eigenvalue weighted by Crippen LogP contribution is -2.09. The summed E-state index contributed by atoms with van der Waals surface area (Å²) in [6, 6.07) is 1.84. The van der Waals surface area contributed by atoms with Crippen molar-refractivity contribution in [2.45, 2.75) is 0 Å². The van der Waals surface area contributed by atoms with Crippen molar-refractivity contribution < 1.29 is 0 Å². The zero-order valence-corrected chi connectivity index (χ0v) is 6.65. The van der Waals surface area contributed by atoms with E-state index >= 15 is 0 Å². The summed E-state index contributed by atoms with van der Waals surface area (Å²) in [6.07, 6.45) is 3.40. The van der Waals surface area contributed by atoms with Crippen molar-refractivity contribution in [3.05, 3.63) is 18.6 Å². The van der Waals surface area contributed by atoms with Gasteiger partial charge in [0.25, 0.3) is 0 Å². The van der Waals surface area contributed by atoms with E-state index in [1.54, 1.807) is 12.5 Å². The molecule has 0 aromatic carbocycles. The molecule has 0 aliphatic carbocycles. The van der Waals surface area contributed by atoms with Crippen LogP contribution in [0.15, 0.2) is 18.6 Å². The Morgan fingerprint density at radius 2 is 2.33 bits per heavy atom. The van der Waals surface area contributed by atoms with E-state index in [1.165, 1.54) is 0 Å². The van der Waals surface area contributed by atoms with Crippen LogP contribution in [-0.4, -0.2) is 14.5 Å². The number of hydrazine groups is 1. The zero-order chi connectivity index (χ0) is 8.55. The van der Waals surface area contributed by atoms with Gasteiger partial charge in [-0.25, -0.2) is 15.8 Å². The van der Waals surface area contributed by atoms with Crippen LogP contribution in [0.25, 0.3) is 11.0 Å². The standard InChI is InChI=1S/C7H9N5/c1-12-4-10-5-2-3-9-7(11-8)6(5)12/h2-4H,8H2,1H3,(H,9,11). The molecule has 0 bridgehead atoms. The number of nitrogens with one attached hydrogen (secondary N) is 1. The Balaban J connectivity index is 2.84. The van der Waals surface area contributed by atoms with Crippen LogP contribution in [0.1, 0.15) is 0 Å². The van der Waals surface area contributed by atoms with Gasteiger partial charge in [0.1, 0.15) is 5.52 Å². The zero-order valence-electron chi connectivity index (χ0n) is 6.65. The van der Waals surface area contributed by atoms with E-state index in [4.69, 9.17) is 5.84 Å². The first-order chi connectivity index (χ1) is 5.83. The summed E-state index contributed by atoms with van der Waals surface area (Å²) < 4.78 is 1.87. The number of nitrogen functional groups attached to an aromatic ring is 1. The van der Waals surface area contributed by atoms with Crippen LogP contribution >= 0.6 is 0 Å². The van der Waals surface area contributed by atoms with Gasteiger partial charge in [-0.1, -0.05) is 0 Å². The monoisotopic (exact) mass is 163 g/mol. The Morgan fingerprint density at radius 3 is 3.08 bits per heavy atom. The number of aromatic nitrogens is 3. The minimum atomic E-state index is 0.646. The van der Waals surface area contributed by atoms with E-state index in [2.05, 4.69) is 15.4 Å². The van der Waals surface area contributed by atoms with Crippen molar-refractivity contribution in [2.24, 2.45) is 12.9 Å². The molecule has 2 aromatic heterocycles. The van der Waals surface area contributed by atoms with E-state index in [0.717, 1.165) is 11.0 Å². The van der Waals surface area contributed by atoms with Crippen molar-refractivity contribution in [1.82, 2.24) is 14.5 Å². The Labute approximate surface area is 69.2 Å². The molecule has 2 aromatic rings. The van der Waals surface area contributed by atoms with Crippen LogP contribution in [0.4, 0.5) is 5.82 Å². The first kappa shape index (κ1) is 7.05. The number of rotatable bonds is 1. The molecule has 0 atom stereocenters. The van der Waals surface area contributed by atoms with Crippen molar-refractivity contribution in [2.75, 3.05) is 5.43 Å². The third-order valence-electron chi connectivity index (χ3n) is 1.76. The fourth-order valence-corrected chi connectivity index (χ4v) is 1.21. The number of hydrogen-bond donors (Lipinski definition) is 2. The minimum absolute atomic E-state index is 0.646. The van der Waals surface area contributed by atoms with Crippen LogP contribution in [0.2, 0.25) is 0 Å². The van der Waals surface area contributed by atoms with Gasteiger partial charge >= 0.3 is 0 Å². The lowest BCUT2D eigenvalue weighted by molar-refractivity contribution is 0.944. The maximum absolute atomic E-state index is 5.29. The molecule has 12 heavy (non-hydrogen) atoms. The van der Waals surface area contributed by atoms with E-state index in [0.29, 0.717) is 5.82 Å². The number of nitrogens with zero attached hydrogens (tertiary/aromatic N) is 3. The van der Waals surface area contributed by atoms with E-state index in [9.17, 15) is 0 Å². The summed E-state index contributed by atoms with van der Waals surface area (Å²) in [5.41, 5.74) is 4.33. The Morgan fingerprint density at radius 1 is 1.50 bits per heavy atom. The van der Waals surface area contributed by atoms with E-state index in [1.807, 2.05) is 17.7 Å². The van der Waals surface area contributed by atoms with E-state index < -0.39 is 0 Å². The minimum Gasteiger partial charge on any atom is -0.331 e. The number of imidazole rings is 1. The molecule has 3 N–H and O–H groups in total. The van der Waals surface area contributed by atoms with Crippen molar-refractivity contribution in [3.8, 4) is 0 Å². The van der Waals surface area contributed by atoms with Gasteiger partial charge < -0.3 is 9.99 Å². The summed E-state index contributed by atoms with van der Waals surface area (Å²) in [7, 11) is 1.90. The van der Waals surface area contributed by atoms with Gasteiger partial charge in [-0.15, -0.1) is 0 Å². The van der Waals surface area contributed by atoms with Gasteiger partial charge in [0.2, 0.25) is 0 Å². The molecule has 0 spiro atoms. The highest BCUT2D eigenvalue weighted by Crippen LogP contribution is 2.17. The van der Waals surface area contributed by atoms with Gasteiger partial charge in [-0.05, 0) is 6.07 Å². The number of anilines is 1. The lowest BCUT2D eigenvalue weighted by atomic mass is 10.4. The summed E-state index contributed by atoms with van der Waals surface area (Å²) >= 11 is 0. The molecule has 5 heteroatoms. The average Bonchev–Trinajstić information content (AvgIpc) is 2.48. The third-order valence-corrected chi connectivity index (χ3v) is 1.76. The molecule has 0 saturated carbocycles. The second-order valence-corrected chi connectivity index (χ2v) is 2.53. The second-order valence-electron chi connectivity index (χ2n) is 2.53. The third kappa shape index (κ3) is 0.835. The van der Waals surface area contributed by atoms with E-state index in [-0.39, 0.29) is 0 Å². The van der Waals surface area contributed by atoms with Gasteiger partial charge in [-0.2, -0.15) is 0 Å². The van der Waals surface area contributed by atoms with Crippen LogP contribution in [0.5, 0.6) is 0 Å². The first-order valence-electron chi connectivity index (χ1n) is 3.55.